The van der Waals surface area contributed by atoms with Crippen molar-refractivity contribution in [3.05, 3.63) is 71.1 Å². The topological polar surface area (TPSA) is 41.5 Å². The van der Waals surface area contributed by atoms with Crippen LogP contribution in [0.2, 0.25) is 0 Å². The van der Waals surface area contributed by atoms with E-state index in [2.05, 4.69) is 59.9 Å². The molecule has 2 aliphatic heterocycles. The smallest absolute Gasteiger partial charge is 0.178 e. The van der Waals surface area contributed by atoms with Gasteiger partial charge in [-0.25, -0.2) is 4.39 Å². The number of likely N-dealkylation sites (tertiary alicyclic amines) is 1. The number of rotatable bonds is 5. The lowest BCUT2D eigenvalue weighted by molar-refractivity contribution is 0.253. The van der Waals surface area contributed by atoms with Crippen LogP contribution in [0.25, 0.3) is 11.1 Å². The highest BCUT2D eigenvalue weighted by molar-refractivity contribution is 5.75. The Morgan fingerprint density at radius 2 is 1.86 bits per heavy atom. The number of benzene rings is 1. The Bertz CT molecular complexity index is 1190. The molecular weight excluding hydrogens is 439 g/mol. The van der Waals surface area contributed by atoms with Gasteiger partial charge in [0.1, 0.15) is 6.61 Å². The molecule has 184 valence electrons. The number of anilines is 1. The van der Waals surface area contributed by atoms with Crippen LogP contribution in [0.5, 0.6) is 5.75 Å². The van der Waals surface area contributed by atoms with E-state index < -0.39 is 0 Å². The van der Waals surface area contributed by atoms with Crippen molar-refractivity contribution >= 4 is 5.69 Å². The maximum absolute atomic E-state index is 15.1. The zero-order valence-corrected chi connectivity index (χ0v) is 21.2. The molecule has 6 heteroatoms. The third kappa shape index (κ3) is 5.03. The second-order valence-corrected chi connectivity index (χ2v) is 10.3. The van der Waals surface area contributed by atoms with Crippen LogP contribution in [-0.2, 0) is 6.42 Å². The molecule has 0 saturated carbocycles. The van der Waals surface area contributed by atoms with E-state index in [1.807, 2.05) is 19.3 Å². The number of halogens is 1. The molecule has 0 amide bonds. The zero-order valence-electron chi connectivity index (χ0n) is 21.2. The Morgan fingerprint density at radius 3 is 2.57 bits per heavy atom. The molecule has 0 atom stereocenters. The minimum absolute atomic E-state index is 0.270. The minimum atomic E-state index is -0.311. The van der Waals surface area contributed by atoms with Crippen LogP contribution in [0.15, 0.2) is 42.7 Å². The lowest BCUT2D eigenvalue weighted by atomic mass is 9.93. The maximum atomic E-state index is 15.1. The third-order valence-electron chi connectivity index (χ3n) is 7.38. The van der Waals surface area contributed by atoms with Crippen LogP contribution in [-0.4, -0.2) is 54.2 Å². The molecule has 0 bridgehead atoms. The van der Waals surface area contributed by atoms with Crippen molar-refractivity contribution in [2.45, 2.75) is 52.0 Å². The zero-order chi connectivity index (χ0) is 24.5. The fourth-order valence-electron chi connectivity index (χ4n) is 5.26. The van der Waals surface area contributed by atoms with Gasteiger partial charge in [0.2, 0.25) is 0 Å². The van der Waals surface area contributed by atoms with Crippen molar-refractivity contribution in [1.82, 2.24) is 14.9 Å². The number of nitrogens with zero attached hydrogens (tertiary/aromatic N) is 4. The van der Waals surface area contributed by atoms with Crippen LogP contribution in [0.3, 0.4) is 0 Å². The maximum Gasteiger partial charge on any atom is 0.178 e. The van der Waals surface area contributed by atoms with Crippen molar-refractivity contribution < 1.29 is 9.13 Å². The quantitative estimate of drug-likeness (QED) is 0.482. The predicted octanol–water partition coefficient (Wildman–Crippen LogP) is 5.60. The van der Waals surface area contributed by atoms with Crippen molar-refractivity contribution in [3.8, 4) is 16.9 Å². The van der Waals surface area contributed by atoms with Crippen molar-refractivity contribution in [3.63, 3.8) is 0 Å². The average Bonchev–Trinajstić information content (AvgIpc) is 2.86. The summed E-state index contributed by atoms with van der Waals surface area (Å²) in [6.45, 7) is 9.81. The number of hydrogen-bond donors (Lipinski definition) is 0. The van der Waals surface area contributed by atoms with E-state index in [0.29, 0.717) is 24.7 Å². The molecule has 0 radical (unpaired) electrons. The summed E-state index contributed by atoms with van der Waals surface area (Å²) in [7, 11) is 2.18. The number of hydrogen-bond acceptors (Lipinski definition) is 5. The van der Waals surface area contributed by atoms with Crippen LogP contribution in [0.1, 0.15) is 55.1 Å². The lowest BCUT2D eigenvalue weighted by Gasteiger charge is -2.35. The molecular formula is C29H35FN4O. The van der Waals surface area contributed by atoms with Gasteiger partial charge in [-0.3, -0.25) is 9.97 Å². The van der Waals surface area contributed by atoms with E-state index in [1.54, 1.807) is 6.07 Å². The van der Waals surface area contributed by atoms with Crippen molar-refractivity contribution in [1.29, 1.82) is 0 Å². The Morgan fingerprint density at radius 1 is 1.06 bits per heavy atom. The molecule has 1 saturated heterocycles. The van der Waals surface area contributed by atoms with Gasteiger partial charge in [0.25, 0.3) is 0 Å². The molecule has 0 spiro atoms. The first-order valence-corrected chi connectivity index (χ1v) is 12.7. The standard InChI is InChI=1S/C29H35FN4O/c1-19(2)34-11-12-35-29-26(30)14-23(15-28(29)34)25-16-24(31-17-20(25)3)13-21-5-6-27(32-18-21)22-7-9-33(4)10-8-22/h5-6,14-19,22H,7-13H2,1-4H3. The van der Waals surface area contributed by atoms with Gasteiger partial charge in [0, 0.05) is 42.2 Å². The molecule has 5 rings (SSSR count). The van der Waals surface area contributed by atoms with Crippen molar-refractivity contribution in [2.75, 3.05) is 38.2 Å². The van der Waals surface area contributed by atoms with Crippen LogP contribution in [0, 0.1) is 12.7 Å². The molecule has 35 heavy (non-hydrogen) atoms. The summed E-state index contributed by atoms with van der Waals surface area (Å²) in [6.07, 6.45) is 6.91. The minimum Gasteiger partial charge on any atom is -0.486 e. The number of aryl methyl sites for hydroxylation is 1. The molecule has 3 aromatic rings. The van der Waals surface area contributed by atoms with Crippen LogP contribution in [0.4, 0.5) is 10.1 Å². The van der Waals surface area contributed by atoms with E-state index in [4.69, 9.17) is 9.72 Å². The summed E-state index contributed by atoms with van der Waals surface area (Å²) in [5.41, 5.74) is 7.00. The number of aromatic nitrogens is 2. The van der Waals surface area contributed by atoms with Crippen LogP contribution >= 0.6 is 0 Å². The highest BCUT2D eigenvalue weighted by Crippen LogP contribution is 2.40. The highest BCUT2D eigenvalue weighted by Gasteiger charge is 2.25. The van der Waals surface area contributed by atoms with E-state index in [-0.39, 0.29) is 11.9 Å². The van der Waals surface area contributed by atoms with Gasteiger partial charge in [0.05, 0.1) is 12.2 Å². The fourth-order valence-corrected chi connectivity index (χ4v) is 5.26. The first-order valence-electron chi connectivity index (χ1n) is 12.7. The third-order valence-corrected chi connectivity index (χ3v) is 7.38. The van der Waals surface area contributed by atoms with Gasteiger partial charge in [0.15, 0.2) is 11.6 Å². The molecule has 5 nitrogen and oxygen atoms in total. The van der Waals surface area contributed by atoms with Gasteiger partial charge in [-0.2, -0.15) is 0 Å². The predicted molar refractivity (Wildman–Crippen MR) is 139 cm³/mol. The monoisotopic (exact) mass is 474 g/mol. The molecule has 4 heterocycles. The van der Waals surface area contributed by atoms with E-state index in [9.17, 15) is 0 Å². The summed E-state index contributed by atoms with van der Waals surface area (Å²) in [4.78, 5) is 14.1. The number of fused-ring (bicyclic) bond motifs is 1. The number of pyridine rings is 2. The Kier molecular flexibility index (Phi) is 6.74. The van der Waals surface area contributed by atoms with Gasteiger partial charge in [-0.1, -0.05) is 6.07 Å². The van der Waals surface area contributed by atoms with E-state index >= 15 is 4.39 Å². The SMILES string of the molecule is Cc1cnc(Cc2ccc(C3CCN(C)CC3)nc2)cc1-c1cc(F)c2c(c1)N(C(C)C)CCO2. The second-order valence-electron chi connectivity index (χ2n) is 10.3. The molecule has 1 aromatic carbocycles. The molecule has 0 N–H and O–H groups in total. The van der Waals surface area contributed by atoms with E-state index in [1.165, 1.54) is 18.5 Å². The lowest BCUT2D eigenvalue weighted by Crippen LogP contribution is -2.38. The molecule has 2 aromatic heterocycles. The van der Waals surface area contributed by atoms with Gasteiger partial charge < -0.3 is 14.5 Å². The van der Waals surface area contributed by atoms with Crippen LogP contribution < -0.4 is 9.64 Å². The summed E-state index contributed by atoms with van der Waals surface area (Å²) >= 11 is 0. The van der Waals surface area contributed by atoms with E-state index in [0.717, 1.165) is 53.3 Å². The van der Waals surface area contributed by atoms with Gasteiger partial charge in [-0.05, 0) is 100 Å². The normalized spacial score (nSPS) is 16.9. The molecule has 2 aliphatic rings. The first-order chi connectivity index (χ1) is 16.9. The largest absolute Gasteiger partial charge is 0.486 e. The number of ether oxygens (including phenoxy) is 1. The molecule has 0 unspecified atom stereocenters. The summed E-state index contributed by atoms with van der Waals surface area (Å²) in [5, 5.41) is 0. The first kappa shape index (κ1) is 23.7. The van der Waals surface area contributed by atoms with Gasteiger partial charge >= 0.3 is 0 Å². The average molecular weight is 475 g/mol. The summed E-state index contributed by atoms with van der Waals surface area (Å²) in [6, 6.07) is 10.4. The second kappa shape index (κ2) is 9.94. The number of piperidine rings is 1. The summed E-state index contributed by atoms with van der Waals surface area (Å²) < 4.78 is 20.7. The Balaban J connectivity index is 1.39. The van der Waals surface area contributed by atoms with Gasteiger partial charge in [-0.15, -0.1) is 0 Å². The summed E-state index contributed by atoms with van der Waals surface area (Å²) in [5.74, 6) is 0.600. The highest BCUT2D eigenvalue weighted by atomic mass is 19.1. The Labute approximate surface area is 208 Å². The van der Waals surface area contributed by atoms with Crippen molar-refractivity contribution in [2.24, 2.45) is 0 Å². The molecule has 1 fully saturated rings. The molecule has 0 aliphatic carbocycles. The fraction of sp³-hybridized carbons (Fsp3) is 0.448. The Hall–Kier alpha value is -2.99.